The van der Waals surface area contributed by atoms with Gasteiger partial charge in [-0.25, -0.2) is 8.42 Å². The lowest BCUT2D eigenvalue weighted by molar-refractivity contribution is -0.121. The standard InChI is InChI=1S/C20H24Cl2N2O3S/c1-15-5-10-18(14-19(15)22)24(28(2,26)27)13-3-4-20(25)23-12-11-16-6-8-17(21)9-7-16/h5-10,14H,3-4,11-13H2,1-2H3,(H,23,25). The number of anilines is 1. The fraction of sp³-hybridized carbons (Fsp3) is 0.350. The van der Waals surface area contributed by atoms with Gasteiger partial charge in [-0.05, 0) is 55.2 Å². The van der Waals surface area contributed by atoms with Crippen LogP contribution in [0.3, 0.4) is 0 Å². The first kappa shape index (κ1) is 22.5. The Morgan fingerprint density at radius 1 is 1.11 bits per heavy atom. The van der Waals surface area contributed by atoms with Gasteiger partial charge in [-0.15, -0.1) is 0 Å². The van der Waals surface area contributed by atoms with Crippen LogP contribution in [0.15, 0.2) is 42.5 Å². The van der Waals surface area contributed by atoms with Crippen molar-refractivity contribution in [1.82, 2.24) is 5.32 Å². The molecule has 0 aliphatic heterocycles. The largest absolute Gasteiger partial charge is 0.356 e. The number of hydrogen-bond acceptors (Lipinski definition) is 3. The number of aryl methyl sites for hydroxylation is 1. The Hall–Kier alpha value is -1.76. The Morgan fingerprint density at radius 2 is 1.79 bits per heavy atom. The second kappa shape index (κ2) is 10.1. The number of nitrogens with zero attached hydrogens (tertiary/aromatic N) is 1. The summed E-state index contributed by atoms with van der Waals surface area (Å²) < 4.78 is 25.5. The highest BCUT2D eigenvalue weighted by atomic mass is 35.5. The van der Waals surface area contributed by atoms with Gasteiger partial charge in [-0.1, -0.05) is 41.4 Å². The predicted molar refractivity (Wildman–Crippen MR) is 116 cm³/mol. The summed E-state index contributed by atoms with van der Waals surface area (Å²) in [6.07, 6.45) is 2.50. The summed E-state index contributed by atoms with van der Waals surface area (Å²) in [5, 5.41) is 4.04. The molecule has 8 heteroatoms. The molecule has 1 amide bonds. The molecular formula is C20H24Cl2N2O3S. The molecule has 0 aliphatic carbocycles. The Balaban J connectivity index is 1.83. The lowest BCUT2D eigenvalue weighted by Gasteiger charge is -2.23. The molecule has 0 unspecified atom stereocenters. The first-order valence-electron chi connectivity index (χ1n) is 8.92. The summed E-state index contributed by atoms with van der Waals surface area (Å²) in [5.74, 6) is -0.107. The molecule has 2 aromatic rings. The van der Waals surface area contributed by atoms with E-state index in [1.807, 2.05) is 31.2 Å². The van der Waals surface area contributed by atoms with Gasteiger partial charge in [-0.2, -0.15) is 0 Å². The predicted octanol–water partition coefficient (Wildman–Crippen LogP) is 4.21. The maximum atomic E-state index is 12.1. The fourth-order valence-corrected chi connectivity index (χ4v) is 3.95. The van der Waals surface area contributed by atoms with Crippen LogP contribution in [0.5, 0.6) is 0 Å². The molecule has 1 N–H and O–H groups in total. The van der Waals surface area contributed by atoms with Crippen molar-refractivity contribution in [3.05, 3.63) is 63.6 Å². The molecule has 0 radical (unpaired) electrons. The number of amides is 1. The van der Waals surface area contributed by atoms with Gasteiger partial charge >= 0.3 is 0 Å². The molecule has 5 nitrogen and oxygen atoms in total. The molecule has 0 saturated carbocycles. The van der Waals surface area contributed by atoms with Crippen molar-refractivity contribution in [2.24, 2.45) is 0 Å². The van der Waals surface area contributed by atoms with E-state index in [4.69, 9.17) is 23.2 Å². The van der Waals surface area contributed by atoms with Crippen LogP contribution in [0.1, 0.15) is 24.0 Å². The van der Waals surface area contributed by atoms with E-state index in [1.165, 1.54) is 4.31 Å². The van der Waals surface area contributed by atoms with E-state index in [1.54, 1.807) is 18.2 Å². The molecule has 0 aromatic heterocycles. The molecule has 28 heavy (non-hydrogen) atoms. The maximum Gasteiger partial charge on any atom is 0.232 e. The van der Waals surface area contributed by atoms with Gasteiger partial charge in [0.25, 0.3) is 0 Å². The van der Waals surface area contributed by atoms with Crippen LogP contribution < -0.4 is 9.62 Å². The number of rotatable bonds is 9. The minimum Gasteiger partial charge on any atom is -0.356 e. The summed E-state index contributed by atoms with van der Waals surface area (Å²) in [7, 11) is -3.47. The second-order valence-electron chi connectivity index (χ2n) is 6.60. The zero-order chi connectivity index (χ0) is 20.7. The maximum absolute atomic E-state index is 12.1. The van der Waals surface area contributed by atoms with Crippen LogP contribution in [0.4, 0.5) is 5.69 Å². The first-order valence-corrected chi connectivity index (χ1v) is 11.5. The summed E-state index contributed by atoms with van der Waals surface area (Å²) >= 11 is 12.0. The molecule has 0 heterocycles. The van der Waals surface area contributed by atoms with Crippen LogP contribution >= 0.6 is 23.2 Å². The van der Waals surface area contributed by atoms with Gasteiger partial charge in [0.2, 0.25) is 15.9 Å². The molecule has 0 fully saturated rings. The molecule has 0 spiro atoms. The highest BCUT2D eigenvalue weighted by molar-refractivity contribution is 7.92. The molecule has 0 saturated heterocycles. The highest BCUT2D eigenvalue weighted by Gasteiger charge is 2.18. The van der Waals surface area contributed by atoms with Crippen molar-refractivity contribution in [2.75, 3.05) is 23.7 Å². The SMILES string of the molecule is Cc1ccc(N(CCCC(=O)NCCc2ccc(Cl)cc2)S(C)(=O)=O)cc1Cl. The molecule has 2 aromatic carbocycles. The van der Waals surface area contributed by atoms with Crippen molar-refractivity contribution in [3.8, 4) is 0 Å². The van der Waals surface area contributed by atoms with Crippen molar-refractivity contribution in [3.63, 3.8) is 0 Å². The minimum absolute atomic E-state index is 0.107. The third-order valence-corrected chi connectivity index (χ3v) is 6.11. The summed E-state index contributed by atoms with van der Waals surface area (Å²) in [5.41, 5.74) is 2.46. The molecule has 0 aliphatic rings. The van der Waals surface area contributed by atoms with E-state index in [0.29, 0.717) is 35.1 Å². The van der Waals surface area contributed by atoms with Gasteiger partial charge in [0.15, 0.2) is 0 Å². The van der Waals surface area contributed by atoms with Crippen LogP contribution in [0.2, 0.25) is 10.0 Å². The average molecular weight is 443 g/mol. The van der Waals surface area contributed by atoms with Gasteiger partial charge in [0, 0.05) is 29.6 Å². The second-order valence-corrected chi connectivity index (χ2v) is 9.35. The number of halogens is 2. The molecule has 152 valence electrons. The van der Waals surface area contributed by atoms with Crippen LogP contribution in [0.25, 0.3) is 0 Å². The molecule has 0 bridgehead atoms. The Bertz CT molecular complexity index is 916. The van der Waals surface area contributed by atoms with E-state index in [2.05, 4.69) is 5.32 Å². The summed E-state index contributed by atoms with van der Waals surface area (Å²) in [4.78, 5) is 12.0. The quantitative estimate of drug-likeness (QED) is 0.632. The number of carbonyl (C=O) groups is 1. The van der Waals surface area contributed by atoms with Crippen molar-refractivity contribution >= 4 is 44.8 Å². The van der Waals surface area contributed by atoms with E-state index in [-0.39, 0.29) is 18.9 Å². The number of sulfonamides is 1. The summed E-state index contributed by atoms with van der Waals surface area (Å²) in [6.45, 7) is 2.58. The molecule has 0 atom stereocenters. The van der Waals surface area contributed by atoms with Crippen molar-refractivity contribution in [1.29, 1.82) is 0 Å². The van der Waals surface area contributed by atoms with Crippen LogP contribution in [-0.2, 0) is 21.2 Å². The zero-order valence-corrected chi connectivity index (χ0v) is 18.2. The average Bonchev–Trinajstić information content (AvgIpc) is 2.62. The highest BCUT2D eigenvalue weighted by Crippen LogP contribution is 2.25. The third kappa shape index (κ3) is 7.00. The smallest absolute Gasteiger partial charge is 0.232 e. The lowest BCUT2D eigenvalue weighted by atomic mass is 10.1. The molecular weight excluding hydrogens is 419 g/mol. The third-order valence-electron chi connectivity index (χ3n) is 4.26. The van der Waals surface area contributed by atoms with Gasteiger partial charge in [-0.3, -0.25) is 9.10 Å². The Labute approximate surface area is 176 Å². The van der Waals surface area contributed by atoms with E-state index in [9.17, 15) is 13.2 Å². The van der Waals surface area contributed by atoms with E-state index >= 15 is 0 Å². The first-order chi connectivity index (χ1) is 13.2. The lowest BCUT2D eigenvalue weighted by Crippen LogP contribution is -2.32. The monoisotopic (exact) mass is 442 g/mol. The number of nitrogens with one attached hydrogen (secondary N) is 1. The topological polar surface area (TPSA) is 66.5 Å². The normalized spacial score (nSPS) is 11.3. The van der Waals surface area contributed by atoms with Crippen LogP contribution in [-0.4, -0.2) is 33.7 Å². The minimum atomic E-state index is -3.47. The molecule has 2 rings (SSSR count). The Kier molecular flexibility index (Phi) is 8.16. The van der Waals surface area contributed by atoms with Crippen LogP contribution in [0, 0.1) is 6.92 Å². The Morgan fingerprint density at radius 3 is 2.39 bits per heavy atom. The zero-order valence-electron chi connectivity index (χ0n) is 15.9. The van der Waals surface area contributed by atoms with Crippen molar-refractivity contribution < 1.29 is 13.2 Å². The van der Waals surface area contributed by atoms with Gasteiger partial charge < -0.3 is 5.32 Å². The fourth-order valence-electron chi connectivity index (χ4n) is 2.69. The number of benzene rings is 2. The number of carbonyl (C=O) groups excluding carboxylic acids is 1. The van der Waals surface area contributed by atoms with E-state index < -0.39 is 10.0 Å². The van der Waals surface area contributed by atoms with Gasteiger partial charge in [0.1, 0.15) is 0 Å². The van der Waals surface area contributed by atoms with Crippen molar-refractivity contribution in [2.45, 2.75) is 26.2 Å². The van der Waals surface area contributed by atoms with E-state index in [0.717, 1.165) is 17.4 Å². The van der Waals surface area contributed by atoms with Gasteiger partial charge in [0.05, 0.1) is 11.9 Å². The summed E-state index contributed by atoms with van der Waals surface area (Å²) in [6, 6.07) is 12.6. The number of hydrogen-bond donors (Lipinski definition) is 1.